The van der Waals surface area contributed by atoms with Crippen molar-refractivity contribution >= 4 is 28.4 Å². The number of pyridine rings is 1. The second kappa shape index (κ2) is 7.69. The predicted molar refractivity (Wildman–Crippen MR) is 120 cm³/mol. The Labute approximate surface area is 185 Å². The number of carbonyl (C=O) groups excluding carboxylic acids is 2. The number of carbonyl (C=O) groups is 2. The van der Waals surface area contributed by atoms with Gasteiger partial charge in [0.15, 0.2) is 11.4 Å². The zero-order valence-corrected chi connectivity index (χ0v) is 18.6. The lowest BCUT2D eigenvalue weighted by Gasteiger charge is -2.36. The summed E-state index contributed by atoms with van der Waals surface area (Å²) in [6.07, 6.45) is 2.21. The van der Waals surface area contributed by atoms with E-state index < -0.39 is 5.82 Å². The van der Waals surface area contributed by atoms with Gasteiger partial charge in [-0.05, 0) is 51.0 Å². The highest BCUT2D eigenvalue weighted by Crippen LogP contribution is 2.40. The summed E-state index contributed by atoms with van der Waals surface area (Å²) in [7, 11) is 1.86. The number of hydrogen-bond donors (Lipinski definition) is 0. The lowest BCUT2D eigenvalue weighted by atomic mass is 10.1. The minimum absolute atomic E-state index is 0.0255. The summed E-state index contributed by atoms with van der Waals surface area (Å²) < 4.78 is 16.3. The predicted octanol–water partition coefficient (Wildman–Crippen LogP) is 3.46. The van der Waals surface area contributed by atoms with Gasteiger partial charge in [0.2, 0.25) is 0 Å². The fourth-order valence-electron chi connectivity index (χ4n) is 4.52. The Balaban J connectivity index is 1.38. The van der Waals surface area contributed by atoms with Gasteiger partial charge in [0.1, 0.15) is 5.82 Å². The third-order valence-electron chi connectivity index (χ3n) is 6.48. The molecule has 0 bridgehead atoms. The molecule has 1 aliphatic carbocycles. The monoisotopic (exact) mass is 435 g/mol. The molecule has 166 valence electrons. The van der Waals surface area contributed by atoms with Crippen LogP contribution < -0.4 is 4.90 Å². The van der Waals surface area contributed by atoms with Gasteiger partial charge in [-0.15, -0.1) is 0 Å². The van der Waals surface area contributed by atoms with Crippen LogP contribution in [0.5, 0.6) is 0 Å². The van der Waals surface area contributed by atoms with Crippen LogP contribution in [0.2, 0.25) is 0 Å². The summed E-state index contributed by atoms with van der Waals surface area (Å²) in [4.78, 5) is 33.6. The Morgan fingerprint density at radius 3 is 2.44 bits per heavy atom. The van der Waals surface area contributed by atoms with E-state index in [0.717, 1.165) is 35.3 Å². The number of aryl methyl sites for hydroxylation is 2. The molecule has 2 aromatic heterocycles. The molecule has 1 saturated heterocycles. The number of amides is 1. The first-order chi connectivity index (χ1) is 15.3. The first-order valence-electron chi connectivity index (χ1n) is 11.0. The molecule has 3 aromatic rings. The number of Topliss-reactive ketones (excluding diaryl/α,β-unsaturated/α-hetero) is 1. The maximum absolute atomic E-state index is 14.6. The van der Waals surface area contributed by atoms with Crippen molar-refractivity contribution in [1.82, 2.24) is 19.7 Å². The second-order valence-electron chi connectivity index (χ2n) is 8.78. The summed E-state index contributed by atoms with van der Waals surface area (Å²) >= 11 is 0. The third-order valence-corrected chi connectivity index (χ3v) is 6.48. The summed E-state index contributed by atoms with van der Waals surface area (Å²) in [5.74, 6) is -0.166. The molecule has 0 atom stereocenters. The lowest BCUT2D eigenvalue weighted by Crippen LogP contribution is -2.49. The van der Waals surface area contributed by atoms with Crippen molar-refractivity contribution in [3.8, 4) is 0 Å². The van der Waals surface area contributed by atoms with Gasteiger partial charge in [-0.2, -0.15) is 5.10 Å². The minimum Gasteiger partial charge on any atom is -0.366 e. The smallest absolute Gasteiger partial charge is 0.254 e. The largest absolute Gasteiger partial charge is 0.366 e. The van der Waals surface area contributed by atoms with Crippen LogP contribution in [0.25, 0.3) is 11.0 Å². The Kier molecular flexibility index (Phi) is 4.95. The Hall–Kier alpha value is -3.29. The third kappa shape index (κ3) is 3.53. The standard InChI is InChI=1S/C24H26FN5O2/c1-14-22-18(13-20(16-4-5-16)26-23(22)28(3)27-14)24(32)30-10-8-29(9-11-30)21-7-6-17(15(2)31)12-19(21)25/h6-7,12-13,16H,4-5,8-11H2,1-3H3. The molecule has 1 saturated carbocycles. The first kappa shape index (κ1) is 20.6. The Morgan fingerprint density at radius 2 is 1.81 bits per heavy atom. The van der Waals surface area contributed by atoms with Gasteiger partial charge in [0, 0.05) is 50.4 Å². The quantitative estimate of drug-likeness (QED) is 0.587. The highest BCUT2D eigenvalue weighted by atomic mass is 19.1. The summed E-state index contributed by atoms with van der Waals surface area (Å²) in [5, 5.41) is 5.30. The maximum atomic E-state index is 14.6. The van der Waals surface area contributed by atoms with Crippen molar-refractivity contribution in [2.45, 2.75) is 32.6 Å². The number of halogens is 1. The number of nitrogens with zero attached hydrogens (tertiary/aromatic N) is 5. The number of piperazine rings is 1. The minimum atomic E-state index is -0.409. The van der Waals surface area contributed by atoms with Crippen molar-refractivity contribution < 1.29 is 14.0 Å². The van der Waals surface area contributed by atoms with E-state index in [1.165, 1.54) is 13.0 Å². The van der Waals surface area contributed by atoms with Gasteiger partial charge in [-0.25, -0.2) is 9.37 Å². The van der Waals surface area contributed by atoms with E-state index >= 15 is 0 Å². The van der Waals surface area contributed by atoms with E-state index in [2.05, 4.69) is 5.10 Å². The van der Waals surface area contributed by atoms with Gasteiger partial charge >= 0.3 is 0 Å². The van der Waals surface area contributed by atoms with Crippen molar-refractivity contribution in [2.75, 3.05) is 31.1 Å². The average Bonchev–Trinajstić information content (AvgIpc) is 3.59. The molecule has 1 amide bonds. The van der Waals surface area contributed by atoms with Crippen molar-refractivity contribution in [1.29, 1.82) is 0 Å². The zero-order valence-electron chi connectivity index (χ0n) is 18.6. The highest BCUT2D eigenvalue weighted by Gasteiger charge is 2.31. The fourth-order valence-corrected chi connectivity index (χ4v) is 4.52. The number of aromatic nitrogens is 3. The normalized spacial score (nSPS) is 16.6. The molecular formula is C24H26FN5O2. The average molecular weight is 436 g/mol. The van der Waals surface area contributed by atoms with Gasteiger partial charge in [0.05, 0.1) is 22.3 Å². The van der Waals surface area contributed by atoms with Crippen LogP contribution in [0.4, 0.5) is 10.1 Å². The number of anilines is 1. The van der Waals surface area contributed by atoms with E-state index in [1.54, 1.807) is 16.8 Å². The lowest BCUT2D eigenvalue weighted by molar-refractivity contribution is 0.0748. The van der Waals surface area contributed by atoms with Crippen LogP contribution in [0, 0.1) is 12.7 Å². The van der Waals surface area contributed by atoms with E-state index in [-0.39, 0.29) is 11.7 Å². The molecule has 3 heterocycles. The highest BCUT2D eigenvalue weighted by molar-refractivity contribution is 6.06. The van der Waals surface area contributed by atoms with E-state index in [0.29, 0.717) is 48.9 Å². The number of hydrogen-bond acceptors (Lipinski definition) is 5. The van der Waals surface area contributed by atoms with Crippen LogP contribution in [0.15, 0.2) is 24.3 Å². The van der Waals surface area contributed by atoms with E-state index in [1.807, 2.05) is 29.8 Å². The molecule has 0 spiro atoms. The number of fused-ring (bicyclic) bond motifs is 1. The number of benzene rings is 1. The molecule has 2 fully saturated rings. The van der Waals surface area contributed by atoms with E-state index in [4.69, 9.17) is 4.98 Å². The zero-order chi connectivity index (χ0) is 22.6. The molecule has 32 heavy (non-hydrogen) atoms. The molecule has 0 radical (unpaired) electrons. The summed E-state index contributed by atoms with van der Waals surface area (Å²) in [6.45, 7) is 5.37. The van der Waals surface area contributed by atoms with Crippen LogP contribution in [-0.2, 0) is 7.05 Å². The van der Waals surface area contributed by atoms with Gasteiger partial charge in [-0.3, -0.25) is 14.3 Å². The van der Waals surface area contributed by atoms with E-state index in [9.17, 15) is 14.0 Å². The van der Waals surface area contributed by atoms with Crippen molar-refractivity contribution in [3.05, 3.63) is 52.6 Å². The van der Waals surface area contributed by atoms with Gasteiger partial charge in [-0.1, -0.05) is 0 Å². The fraction of sp³-hybridized carbons (Fsp3) is 0.417. The summed E-state index contributed by atoms with van der Waals surface area (Å²) in [5.41, 5.74) is 4.00. The number of rotatable bonds is 4. The van der Waals surface area contributed by atoms with Gasteiger partial charge < -0.3 is 9.80 Å². The topological polar surface area (TPSA) is 71.3 Å². The SMILES string of the molecule is CC(=O)c1ccc(N2CCN(C(=O)c3cc(C4CC4)nc4c3c(C)nn4C)CC2)c(F)c1. The molecule has 2 aliphatic rings. The summed E-state index contributed by atoms with van der Waals surface area (Å²) in [6, 6.07) is 6.53. The molecular weight excluding hydrogens is 409 g/mol. The molecule has 0 N–H and O–H groups in total. The molecule has 1 aliphatic heterocycles. The molecule has 0 unspecified atom stereocenters. The first-order valence-corrected chi connectivity index (χ1v) is 11.0. The van der Waals surface area contributed by atoms with Crippen LogP contribution in [-0.4, -0.2) is 57.5 Å². The molecule has 5 rings (SSSR count). The van der Waals surface area contributed by atoms with Crippen LogP contribution in [0.1, 0.15) is 57.8 Å². The van der Waals surface area contributed by atoms with Gasteiger partial charge in [0.25, 0.3) is 5.91 Å². The van der Waals surface area contributed by atoms with Crippen LogP contribution in [0.3, 0.4) is 0 Å². The second-order valence-corrected chi connectivity index (χ2v) is 8.78. The molecule has 8 heteroatoms. The molecule has 7 nitrogen and oxygen atoms in total. The molecule has 1 aromatic carbocycles. The van der Waals surface area contributed by atoms with Crippen LogP contribution >= 0.6 is 0 Å². The number of ketones is 1. The van der Waals surface area contributed by atoms with Crippen molar-refractivity contribution in [3.63, 3.8) is 0 Å². The van der Waals surface area contributed by atoms with Crippen molar-refractivity contribution in [2.24, 2.45) is 7.05 Å². The Morgan fingerprint density at radius 1 is 1.09 bits per heavy atom. The maximum Gasteiger partial charge on any atom is 0.254 e. The Bertz CT molecular complexity index is 1240.